The van der Waals surface area contributed by atoms with Crippen LogP contribution in [0.5, 0.6) is 0 Å². The Morgan fingerprint density at radius 1 is 1.27 bits per heavy atom. The van der Waals surface area contributed by atoms with E-state index in [2.05, 4.69) is 20.9 Å². The summed E-state index contributed by atoms with van der Waals surface area (Å²) in [6, 6.07) is 0. The molecule has 1 amide bonds. The van der Waals surface area contributed by atoms with Crippen molar-refractivity contribution in [1.82, 2.24) is 16.0 Å². The molecule has 2 fully saturated rings. The van der Waals surface area contributed by atoms with Crippen molar-refractivity contribution in [1.29, 1.82) is 0 Å². The molecule has 1 unspecified atom stereocenters. The second kappa shape index (κ2) is 12.7. The number of rotatable bonds is 10. The van der Waals surface area contributed by atoms with E-state index in [1.165, 1.54) is 6.42 Å². The third-order valence-corrected chi connectivity index (χ3v) is 5.17. The molecule has 0 aromatic carbocycles. The summed E-state index contributed by atoms with van der Waals surface area (Å²) in [5.74, 6) is 1.25. The van der Waals surface area contributed by atoms with Crippen LogP contribution < -0.4 is 16.0 Å². The van der Waals surface area contributed by atoms with Crippen molar-refractivity contribution in [2.75, 3.05) is 46.0 Å². The highest BCUT2D eigenvalue weighted by atomic mass is 127. The zero-order valence-corrected chi connectivity index (χ0v) is 18.2. The Balaban J connectivity index is 0.00000338. The minimum Gasteiger partial charge on any atom is -0.396 e. The molecule has 2 aliphatic rings. The van der Waals surface area contributed by atoms with Crippen molar-refractivity contribution in [2.24, 2.45) is 16.3 Å². The van der Waals surface area contributed by atoms with Gasteiger partial charge in [-0.05, 0) is 39.0 Å². The Labute approximate surface area is 174 Å². The van der Waals surface area contributed by atoms with E-state index >= 15 is 0 Å². The number of guanidine groups is 1. The predicted octanol–water partition coefficient (Wildman–Crippen LogP) is 1.25. The van der Waals surface area contributed by atoms with Gasteiger partial charge >= 0.3 is 0 Å². The summed E-state index contributed by atoms with van der Waals surface area (Å²) in [4.78, 5) is 16.5. The van der Waals surface area contributed by atoms with Gasteiger partial charge in [-0.25, -0.2) is 0 Å². The molecule has 1 saturated heterocycles. The van der Waals surface area contributed by atoms with Gasteiger partial charge in [0, 0.05) is 44.2 Å². The number of nitrogens with zero attached hydrogens (tertiary/aromatic N) is 1. The molecule has 0 spiro atoms. The zero-order chi connectivity index (χ0) is 18.0. The monoisotopic (exact) mass is 482 g/mol. The van der Waals surface area contributed by atoms with Crippen LogP contribution in [0.1, 0.15) is 45.4 Å². The minimum atomic E-state index is -0.0339. The third-order valence-electron chi connectivity index (χ3n) is 5.17. The average molecular weight is 482 g/mol. The van der Waals surface area contributed by atoms with Crippen LogP contribution in [0.4, 0.5) is 0 Å². The van der Waals surface area contributed by atoms with E-state index in [0.717, 1.165) is 57.8 Å². The molecule has 1 aliphatic heterocycles. The molecular weight excluding hydrogens is 447 g/mol. The lowest BCUT2D eigenvalue weighted by atomic mass is 9.84. The SMILES string of the molecule is CCNC(=NCC1(CCO)CCOC1)NCCCNC(=O)C1CCC1.I. The lowest BCUT2D eigenvalue weighted by Crippen LogP contribution is -2.40. The quantitative estimate of drug-likeness (QED) is 0.163. The largest absolute Gasteiger partial charge is 0.396 e. The van der Waals surface area contributed by atoms with Crippen LogP contribution in [-0.2, 0) is 9.53 Å². The number of nitrogens with one attached hydrogen (secondary N) is 3. The van der Waals surface area contributed by atoms with Gasteiger partial charge in [-0.2, -0.15) is 0 Å². The second-order valence-electron chi connectivity index (χ2n) is 7.17. The summed E-state index contributed by atoms with van der Waals surface area (Å²) in [5.41, 5.74) is -0.0339. The average Bonchev–Trinajstić information content (AvgIpc) is 3.00. The van der Waals surface area contributed by atoms with Crippen LogP contribution in [-0.4, -0.2) is 63.0 Å². The first-order valence-corrected chi connectivity index (χ1v) is 9.67. The van der Waals surface area contributed by atoms with E-state index in [1.54, 1.807) is 0 Å². The van der Waals surface area contributed by atoms with E-state index in [4.69, 9.17) is 4.74 Å². The van der Waals surface area contributed by atoms with Gasteiger partial charge in [0.15, 0.2) is 5.96 Å². The lowest BCUT2D eigenvalue weighted by Gasteiger charge is -2.25. The highest BCUT2D eigenvalue weighted by molar-refractivity contribution is 14.0. The summed E-state index contributed by atoms with van der Waals surface area (Å²) >= 11 is 0. The molecule has 1 saturated carbocycles. The molecule has 7 nitrogen and oxygen atoms in total. The van der Waals surface area contributed by atoms with Gasteiger partial charge in [0.25, 0.3) is 0 Å². The zero-order valence-electron chi connectivity index (χ0n) is 15.9. The van der Waals surface area contributed by atoms with E-state index < -0.39 is 0 Å². The van der Waals surface area contributed by atoms with Gasteiger partial charge in [0.1, 0.15) is 0 Å². The fraction of sp³-hybridized carbons (Fsp3) is 0.889. The summed E-state index contributed by atoms with van der Waals surface area (Å²) in [5, 5.41) is 18.9. The molecule has 0 aromatic rings. The Morgan fingerprint density at radius 3 is 2.62 bits per heavy atom. The maximum absolute atomic E-state index is 11.8. The van der Waals surface area contributed by atoms with E-state index in [-0.39, 0.29) is 47.8 Å². The molecule has 8 heteroatoms. The number of hydrogen-bond acceptors (Lipinski definition) is 4. The van der Waals surface area contributed by atoms with Gasteiger partial charge in [-0.1, -0.05) is 6.42 Å². The van der Waals surface area contributed by atoms with Gasteiger partial charge in [0.05, 0.1) is 13.2 Å². The topological polar surface area (TPSA) is 95.0 Å². The van der Waals surface area contributed by atoms with Crippen LogP contribution in [0, 0.1) is 11.3 Å². The fourth-order valence-electron chi connectivity index (χ4n) is 3.20. The number of carbonyl (C=O) groups is 1. The summed E-state index contributed by atoms with van der Waals surface area (Å²) in [7, 11) is 0. The highest BCUT2D eigenvalue weighted by Crippen LogP contribution is 2.32. The Bertz CT molecular complexity index is 438. The predicted molar refractivity (Wildman–Crippen MR) is 114 cm³/mol. The number of aliphatic imine (C=N–C) groups is 1. The molecule has 1 heterocycles. The molecule has 152 valence electrons. The first-order valence-electron chi connectivity index (χ1n) is 9.67. The van der Waals surface area contributed by atoms with Gasteiger partial charge in [-0.3, -0.25) is 9.79 Å². The standard InChI is InChI=1S/C18H34N4O3.HI/c1-2-19-17(22-13-18(7-11-23)8-12-25-14-18)21-10-4-9-20-16(24)15-5-3-6-15;/h15,23H,2-14H2,1H3,(H,20,24)(H2,19,21,22);1H. The molecule has 1 aliphatic carbocycles. The van der Waals surface area contributed by atoms with Gasteiger partial charge < -0.3 is 25.8 Å². The van der Waals surface area contributed by atoms with Crippen molar-refractivity contribution < 1.29 is 14.6 Å². The molecule has 0 aromatic heterocycles. The Hall–Kier alpha value is -0.610. The molecule has 1 atom stereocenters. The van der Waals surface area contributed by atoms with E-state index in [9.17, 15) is 9.90 Å². The maximum atomic E-state index is 11.8. The molecule has 0 radical (unpaired) electrons. The Kier molecular flexibility index (Phi) is 11.5. The van der Waals surface area contributed by atoms with Crippen LogP contribution in [0.3, 0.4) is 0 Å². The molecule has 2 rings (SSSR count). The number of aliphatic hydroxyl groups is 1. The number of carbonyl (C=O) groups excluding carboxylic acids is 1. The van der Waals surface area contributed by atoms with Crippen molar-refractivity contribution in [2.45, 2.75) is 45.4 Å². The summed E-state index contributed by atoms with van der Waals surface area (Å²) in [6.45, 7) is 6.55. The van der Waals surface area contributed by atoms with Crippen molar-refractivity contribution in [3.05, 3.63) is 0 Å². The number of halogens is 1. The lowest BCUT2D eigenvalue weighted by molar-refractivity contribution is -0.127. The van der Waals surface area contributed by atoms with E-state index in [0.29, 0.717) is 19.7 Å². The number of amides is 1. The first-order chi connectivity index (χ1) is 12.2. The molecular formula is C18H35IN4O3. The normalized spacial score (nSPS) is 23.1. The summed E-state index contributed by atoms with van der Waals surface area (Å²) < 4.78 is 5.51. The van der Waals surface area contributed by atoms with Crippen LogP contribution in [0.15, 0.2) is 4.99 Å². The van der Waals surface area contributed by atoms with Crippen LogP contribution in [0.25, 0.3) is 0 Å². The molecule has 0 bridgehead atoms. The Morgan fingerprint density at radius 2 is 2.04 bits per heavy atom. The van der Waals surface area contributed by atoms with Crippen molar-refractivity contribution in [3.8, 4) is 0 Å². The van der Waals surface area contributed by atoms with Gasteiger partial charge in [-0.15, -0.1) is 24.0 Å². The van der Waals surface area contributed by atoms with Gasteiger partial charge in [0.2, 0.25) is 5.91 Å². The van der Waals surface area contributed by atoms with Crippen LogP contribution in [0.2, 0.25) is 0 Å². The van der Waals surface area contributed by atoms with E-state index in [1.807, 2.05) is 6.92 Å². The molecule has 26 heavy (non-hydrogen) atoms. The van der Waals surface area contributed by atoms with Crippen molar-refractivity contribution >= 4 is 35.8 Å². The fourth-order valence-corrected chi connectivity index (χ4v) is 3.20. The minimum absolute atomic E-state index is 0. The highest BCUT2D eigenvalue weighted by Gasteiger charge is 2.34. The number of ether oxygens (including phenoxy) is 1. The van der Waals surface area contributed by atoms with Crippen molar-refractivity contribution in [3.63, 3.8) is 0 Å². The first kappa shape index (κ1) is 23.4. The summed E-state index contributed by atoms with van der Waals surface area (Å²) in [6.07, 6.45) is 5.81. The smallest absolute Gasteiger partial charge is 0.223 e. The number of aliphatic hydroxyl groups excluding tert-OH is 1. The maximum Gasteiger partial charge on any atom is 0.223 e. The number of hydrogen-bond donors (Lipinski definition) is 4. The van der Waals surface area contributed by atoms with Crippen LogP contribution >= 0.6 is 24.0 Å². The molecule has 4 N–H and O–H groups in total. The second-order valence-corrected chi connectivity index (χ2v) is 7.17. The third kappa shape index (κ3) is 7.56.